The molecular formula is C19H28BrCl2N3. The van der Waals surface area contributed by atoms with Gasteiger partial charge in [-0.25, -0.2) is 0 Å². The predicted octanol–water partition coefficient (Wildman–Crippen LogP) is 5.30. The summed E-state index contributed by atoms with van der Waals surface area (Å²) in [6.45, 7) is 4.58. The second kappa shape index (κ2) is 9.61. The number of hydrogen-bond acceptors (Lipinski definition) is 2. The van der Waals surface area contributed by atoms with Crippen molar-refractivity contribution in [3.8, 4) is 0 Å². The molecule has 6 heteroatoms. The van der Waals surface area contributed by atoms with Crippen molar-refractivity contribution in [2.45, 2.75) is 38.1 Å². The van der Waals surface area contributed by atoms with E-state index < -0.39 is 0 Å². The van der Waals surface area contributed by atoms with Crippen molar-refractivity contribution in [1.29, 1.82) is 0 Å². The summed E-state index contributed by atoms with van der Waals surface area (Å²) < 4.78 is 1.17. The quantitative estimate of drug-likeness (QED) is 0.667. The van der Waals surface area contributed by atoms with Crippen LogP contribution in [-0.2, 0) is 0 Å². The average Bonchev–Trinajstić information content (AvgIpc) is 3.00. The first-order valence-corrected chi connectivity index (χ1v) is 9.83. The number of halogens is 3. The Labute approximate surface area is 171 Å². The fraction of sp³-hybridized carbons (Fsp3) is 0.579. The molecule has 1 saturated heterocycles. The van der Waals surface area contributed by atoms with Gasteiger partial charge < -0.3 is 10.3 Å². The second-order valence-corrected chi connectivity index (χ2v) is 7.98. The van der Waals surface area contributed by atoms with E-state index >= 15 is 0 Å². The second-order valence-electron chi connectivity index (χ2n) is 7.06. The molecule has 2 heterocycles. The van der Waals surface area contributed by atoms with Crippen LogP contribution in [0.5, 0.6) is 0 Å². The summed E-state index contributed by atoms with van der Waals surface area (Å²) in [6.07, 6.45) is 9.27. The summed E-state index contributed by atoms with van der Waals surface area (Å²) in [5, 5.41) is 4.90. The molecule has 0 unspecified atom stereocenters. The van der Waals surface area contributed by atoms with Gasteiger partial charge in [-0.15, -0.1) is 24.8 Å². The maximum Gasteiger partial charge on any atom is 0.0458 e. The van der Waals surface area contributed by atoms with Crippen LogP contribution in [0.25, 0.3) is 10.9 Å². The van der Waals surface area contributed by atoms with Gasteiger partial charge in [0.2, 0.25) is 0 Å². The highest BCUT2D eigenvalue weighted by Gasteiger charge is 2.32. The van der Waals surface area contributed by atoms with E-state index in [4.69, 9.17) is 0 Å². The van der Waals surface area contributed by atoms with Gasteiger partial charge in [0.15, 0.2) is 0 Å². The molecule has 2 aliphatic rings. The lowest BCUT2D eigenvalue weighted by molar-refractivity contribution is 0.104. The van der Waals surface area contributed by atoms with Crippen LogP contribution in [-0.4, -0.2) is 36.1 Å². The molecule has 2 N–H and O–H groups in total. The Kier molecular flexibility index (Phi) is 8.09. The van der Waals surface area contributed by atoms with Gasteiger partial charge in [-0.2, -0.15) is 0 Å². The zero-order valence-electron chi connectivity index (χ0n) is 14.5. The topological polar surface area (TPSA) is 31.1 Å². The van der Waals surface area contributed by atoms with E-state index in [1.807, 2.05) is 0 Å². The fourth-order valence-electron chi connectivity index (χ4n) is 4.52. The molecule has 140 valence electrons. The third-order valence-electron chi connectivity index (χ3n) is 5.64. The molecule has 2 fully saturated rings. The Balaban J connectivity index is 0.00000113. The highest BCUT2D eigenvalue weighted by atomic mass is 79.9. The summed E-state index contributed by atoms with van der Waals surface area (Å²) in [7, 11) is 0. The molecule has 1 aliphatic heterocycles. The smallest absolute Gasteiger partial charge is 0.0458 e. The van der Waals surface area contributed by atoms with Crippen LogP contribution in [0, 0.1) is 5.92 Å². The van der Waals surface area contributed by atoms with Crippen molar-refractivity contribution in [2.24, 2.45) is 5.92 Å². The fourth-order valence-corrected chi connectivity index (χ4v) is 4.88. The standard InChI is InChI=1S/C19H26BrN3.2ClH/c20-15-6-7-18-16(12-15)17(13-22-18)19(14-4-2-1-3-5-14)23-10-8-21-9-11-23;;/h6-7,12-14,19,21-22H,1-5,8-11H2;2*1H/t19-;;/m0../s1. The van der Waals surface area contributed by atoms with Gasteiger partial charge in [0.05, 0.1) is 0 Å². The summed E-state index contributed by atoms with van der Waals surface area (Å²) >= 11 is 3.65. The number of aromatic amines is 1. The first-order chi connectivity index (χ1) is 11.3. The molecule has 0 spiro atoms. The van der Waals surface area contributed by atoms with Crippen LogP contribution in [0.2, 0.25) is 0 Å². The minimum absolute atomic E-state index is 0. The summed E-state index contributed by atoms with van der Waals surface area (Å²) in [4.78, 5) is 6.24. The molecule has 4 rings (SSSR count). The Bertz CT molecular complexity index is 646. The minimum Gasteiger partial charge on any atom is -0.361 e. The molecule has 1 aromatic heterocycles. The molecule has 0 bridgehead atoms. The Hall–Kier alpha value is -0.260. The highest BCUT2D eigenvalue weighted by Crippen LogP contribution is 2.41. The number of rotatable bonds is 3. The molecule has 2 aromatic rings. The van der Waals surface area contributed by atoms with Crippen molar-refractivity contribution in [3.63, 3.8) is 0 Å². The van der Waals surface area contributed by atoms with Gasteiger partial charge >= 0.3 is 0 Å². The molecule has 1 saturated carbocycles. The lowest BCUT2D eigenvalue weighted by atomic mass is 9.80. The number of piperazine rings is 1. The number of nitrogens with zero attached hydrogens (tertiary/aromatic N) is 1. The molecule has 3 nitrogen and oxygen atoms in total. The third kappa shape index (κ3) is 4.54. The number of H-pyrrole nitrogens is 1. The lowest BCUT2D eigenvalue weighted by Crippen LogP contribution is -2.47. The zero-order chi connectivity index (χ0) is 15.6. The molecule has 1 atom stereocenters. The van der Waals surface area contributed by atoms with Crippen LogP contribution in [0.1, 0.15) is 43.7 Å². The first kappa shape index (κ1) is 21.0. The Morgan fingerprint density at radius 3 is 2.48 bits per heavy atom. The molecule has 0 amide bonds. The van der Waals surface area contributed by atoms with Gasteiger partial charge in [-0.05, 0) is 42.5 Å². The van der Waals surface area contributed by atoms with Crippen molar-refractivity contribution >= 4 is 51.6 Å². The molecule has 25 heavy (non-hydrogen) atoms. The first-order valence-electron chi connectivity index (χ1n) is 9.04. The van der Waals surface area contributed by atoms with Crippen LogP contribution in [0.3, 0.4) is 0 Å². The number of benzene rings is 1. The van der Waals surface area contributed by atoms with Crippen LogP contribution in [0.4, 0.5) is 0 Å². The van der Waals surface area contributed by atoms with Gasteiger partial charge in [-0.1, -0.05) is 35.2 Å². The third-order valence-corrected chi connectivity index (χ3v) is 6.13. The van der Waals surface area contributed by atoms with E-state index in [9.17, 15) is 0 Å². The van der Waals surface area contributed by atoms with E-state index in [1.165, 1.54) is 66.1 Å². The number of nitrogens with one attached hydrogen (secondary N) is 2. The average molecular weight is 449 g/mol. The van der Waals surface area contributed by atoms with E-state index in [0.717, 1.165) is 19.0 Å². The molecule has 0 radical (unpaired) electrons. The SMILES string of the molecule is Brc1ccc2[nH]cc([C@H](C3CCCCC3)N3CCNCC3)c2c1.Cl.Cl. The Morgan fingerprint density at radius 2 is 1.76 bits per heavy atom. The maximum atomic E-state index is 3.65. The molecule has 1 aromatic carbocycles. The van der Waals surface area contributed by atoms with Gasteiger partial charge in [0.25, 0.3) is 0 Å². The van der Waals surface area contributed by atoms with Gasteiger partial charge in [0, 0.05) is 53.8 Å². The number of hydrogen-bond donors (Lipinski definition) is 2. The lowest BCUT2D eigenvalue weighted by Gasteiger charge is -2.41. The molecule has 1 aliphatic carbocycles. The minimum atomic E-state index is 0. The molecular weight excluding hydrogens is 421 g/mol. The van der Waals surface area contributed by atoms with Crippen LogP contribution < -0.4 is 5.32 Å². The monoisotopic (exact) mass is 447 g/mol. The largest absolute Gasteiger partial charge is 0.361 e. The van der Waals surface area contributed by atoms with Crippen LogP contribution in [0.15, 0.2) is 28.9 Å². The van der Waals surface area contributed by atoms with Crippen molar-refractivity contribution in [3.05, 3.63) is 34.4 Å². The number of fused-ring (bicyclic) bond motifs is 1. The summed E-state index contributed by atoms with van der Waals surface area (Å²) in [6, 6.07) is 7.18. The Morgan fingerprint density at radius 1 is 1.04 bits per heavy atom. The van der Waals surface area contributed by atoms with E-state index in [-0.39, 0.29) is 24.8 Å². The highest BCUT2D eigenvalue weighted by molar-refractivity contribution is 9.10. The zero-order valence-corrected chi connectivity index (χ0v) is 17.7. The number of aromatic nitrogens is 1. The summed E-state index contributed by atoms with van der Waals surface area (Å²) in [5.41, 5.74) is 2.77. The van der Waals surface area contributed by atoms with E-state index in [2.05, 4.69) is 55.5 Å². The predicted molar refractivity (Wildman–Crippen MR) is 114 cm³/mol. The van der Waals surface area contributed by atoms with Crippen molar-refractivity contribution < 1.29 is 0 Å². The van der Waals surface area contributed by atoms with Crippen molar-refractivity contribution in [2.75, 3.05) is 26.2 Å². The van der Waals surface area contributed by atoms with Crippen LogP contribution >= 0.6 is 40.7 Å². The van der Waals surface area contributed by atoms with Crippen molar-refractivity contribution in [1.82, 2.24) is 15.2 Å². The van der Waals surface area contributed by atoms with E-state index in [0.29, 0.717) is 6.04 Å². The summed E-state index contributed by atoms with van der Waals surface area (Å²) in [5.74, 6) is 0.805. The maximum absolute atomic E-state index is 3.65. The van der Waals surface area contributed by atoms with E-state index in [1.54, 1.807) is 0 Å². The van der Waals surface area contributed by atoms with Gasteiger partial charge in [0.1, 0.15) is 0 Å². The van der Waals surface area contributed by atoms with Gasteiger partial charge in [-0.3, -0.25) is 4.90 Å². The normalized spacial score (nSPS) is 20.7.